The van der Waals surface area contributed by atoms with Crippen LogP contribution < -0.4 is 16.0 Å². The van der Waals surface area contributed by atoms with Gasteiger partial charge in [0.2, 0.25) is 5.91 Å². The minimum atomic E-state index is -1.14. The van der Waals surface area contributed by atoms with E-state index < -0.39 is 50.1 Å². The van der Waals surface area contributed by atoms with E-state index in [1.54, 1.807) is 4.90 Å². The molecule has 18 heteroatoms. The van der Waals surface area contributed by atoms with E-state index in [1.807, 2.05) is 0 Å². The molecule has 258 valence electrons. The Morgan fingerprint density at radius 3 is 1.16 bits per heavy atom. The molecule has 7 N–H and O–H groups in total. The molecule has 18 nitrogen and oxygen atoms in total. The van der Waals surface area contributed by atoms with Crippen molar-refractivity contribution >= 4 is 35.6 Å². The summed E-state index contributed by atoms with van der Waals surface area (Å²) in [6.07, 6.45) is 0. The number of carboxylic acids is 4. The fourth-order valence-electron chi connectivity index (χ4n) is 4.71. The lowest BCUT2D eigenvalue weighted by molar-refractivity contribution is -0.141. The molecule has 1 fully saturated rings. The summed E-state index contributed by atoms with van der Waals surface area (Å²) in [6.45, 7) is 5.17. The van der Waals surface area contributed by atoms with Crippen LogP contribution in [0, 0.1) is 0 Å². The Bertz CT molecular complexity index is 929. The van der Waals surface area contributed by atoms with Crippen LogP contribution in [0.15, 0.2) is 0 Å². The summed E-state index contributed by atoms with van der Waals surface area (Å²) in [6, 6.07) is 0. The van der Waals surface area contributed by atoms with Crippen molar-refractivity contribution in [1.29, 1.82) is 0 Å². The first-order valence-corrected chi connectivity index (χ1v) is 15.0. The highest BCUT2D eigenvalue weighted by Gasteiger charge is 2.22. The summed E-state index contributed by atoms with van der Waals surface area (Å²) in [5.74, 6) is -5.03. The van der Waals surface area contributed by atoms with E-state index in [4.69, 9.17) is 5.11 Å². The minimum absolute atomic E-state index is 0.0747. The molecule has 0 aromatic heterocycles. The lowest BCUT2D eigenvalue weighted by atomic mass is 10.3. The molecule has 0 atom stereocenters. The van der Waals surface area contributed by atoms with E-state index in [2.05, 4.69) is 16.0 Å². The largest absolute Gasteiger partial charge is 0.480 e. The summed E-state index contributed by atoms with van der Waals surface area (Å²) in [4.78, 5) is 78.1. The van der Waals surface area contributed by atoms with E-state index in [0.29, 0.717) is 26.2 Å². The van der Waals surface area contributed by atoms with Gasteiger partial charge in [0.15, 0.2) is 0 Å². The third-order valence-electron chi connectivity index (χ3n) is 6.86. The number of ketones is 1. The third-order valence-corrected chi connectivity index (χ3v) is 6.86. The average Bonchev–Trinajstić information content (AvgIpc) is 2.91. The molecule has 0 aromatic rings. The second-order valence-corrected chi connectivity index (χ2v) is 10.9. The van der Waals surface area contributed by atoms with Gasteiger partial charge in [0.05, 0.1) is 39.3 Å². The molecule has 1 rings (SSSR count). The number of nitrogens with zero attached hydrogens (tertiary/aromatic N) is 5. The average molecular weight is 647 g/mol. The highest BCUT2D eigenvalue weighted by molar-refractivity contribution is 5.79. The zero-order valence-corrected chi connectivity index (χ0v) is 26.1. The van der Waals surface area contributed by atoms with Gasteiger partial charge in [0.25, 0.3) is 0 Å². The Balaban J connectivity index is 2.86. The normalized spacial score (nSPS) is 15.2. The van der Waals surface area contributed by atoms with Crippen LogP contribution in [-0.2, 0) is 28.8 Å². The Kier molecular flexibility index (Phi) is 20.4. The van der Waals surface area contributed by atoms with Crippen molar-refractivity contribution in [3.63, 3.8) is 0 Å². The van der Waals surface area contributed by atoms with Gasteiger partial charge in [-0.1, -0.05) is 0 Å². The van der Waals surface area contributed by atoms with E-state index in [-0.39, 0.29) is 64.0 Å². The van der Waals surface area contributed by atoms with Gasteiger partial charge in [-0.25, -0.2) is 0 Å². The van der Waals surface area contributed by atoms with Crippen molar-refractivity contribution in [2.75, 3.05) is 131 Å². The van der Waals surface area contributed by atoms with E-state index >= 15 is 0 Å². The number of hydrogen-bond acceptors (Lipinski definition) is 13. The highest BCUT2D eigenvalue weighted by Crippen LogP contribution is 2.01. The van der Waals surface area contributed by atoms with Crippen molar-refractivity contribution < 1.29 is 49.2 Å². The van der Waals surface area contributed by atoms with Crippen molar-refractivity contribution in [3.05, 3.63) is 0 Å². The van der Waals surface area contributed by atoms with Crippen LogP contribution in [-0.4, -0.2) is 211 Å². The van der Waals surface area contributed by atoms with Gasteiger partial charge in [-0.3, -0.25) is 48.4 Å². The zero-order chi connectivity index (χ0) is 33.6. The maximum atomic E-state index is 13.2. The van der Waals surface area contributed by atoms with Gasteiger partial charge in [0, 0.05) is 91.6 Å². The van der Waals surface area contributed by atoms with Crippen LogP contribution in [0.1, 0.15) is 6.92 Å². The van der Waals surface area contributed by atoms with Gasteiger partial charge >= 0.3 is 23.9 Å². The summed E-state index contributed by atoms with van der Waals surface area (Å²) in [5, 5.41) is 47.3. The van der Waals surface area contributed by atoms with Gasteiger partial charge < -0.3 is 41.3 Å². The van der Waals surface area contributed by atoms with Crippen LogP contribution in [0.4, 0.5) is 0 Å². The molecule has 1 saturated heterocycles. The quantitative estimate of drug-likeness (QED) is 0.0625. The molecule has 0 bridgehead atoms. The topological polar surface area (TPSA) is 236 Å². The first-order chi connectivity index (χ1) is 21.3. The first-order valence-electron chi connectivity index (χ1n) is 15.0. The van der Waals surface area contributed by atoms with Crippen molar-refractivity contribution in [2.45, 2.75) is 6.92 Å². The Hall–Kier alpha value is -3.26. The fourth-order valence-corrected chi connectivity index (χ4v) is 4.71. The molecule has 0 aromatic carbocycles. The second-order valence-electron chi connectivity index (χ2n) is 10.9. The van der Waals surface area contributed by atoms with Crippen LogP contribution in [0.2, 0.25) is 0 Å². The number of carbonyl (C=O) groups is 6. The number of aliphatic carboxylic acids is 4. The van der Waals surface area contributed by atoms with Gasteiger partial charge in [0.1, 0.15) is 5.78 Å². The summed E-state index contributed by atoms with van der Waals surface area (Å²) < 4.78 is 0. The minimum Gasteiger partial charge on any atom is -0.480 e. The van der Waals surface area contributed by atoms with Crippen molar-refractivity contribution in [3.8, 4) is 0 Å². The molecule has 45 heavy (non-hydrogen) atoms. The lowest BCUT2D eigenvalue weighted by Gasteiger charge is -2.30. The van der Waals surface area contributed by atoms with E-state index in [1.165, 1.54) is 26.5 Å². The number of carboxylic acid groups (broad SMARTS) is 4. The number of carbonyl (C=O) groups excluding carboxylic acids is 2. The standard InChI is InChI=1S/C27H50N8O10/c1-22(36)16-33(20-26(42)43)14-12-31(18-24(38)39)10-11-32(19-25(40)41)13-15-34(21-27(44)45)17-23(37)35-8-6-29-4-2-28-3-5-30-7-9-35/h28-30H,2-21H2,1H3,(H,38,39)(H,40,41)(H,42,43)(H,44,45). The lowest BCUT2D eigenvalue weighted by Crippen LogP contribution is -2.49. The number of Topliss-reactive ketones (excluding diaryl/α,β-unsaturated/α-hetero) is 1. The fraction of sp³-hybridized carbons (Fsp3) is 0.778. The number of hydrogen-bond donors (Lipinski definition) is 7. The molecule has 0 saturated carbocycles. The highest BCUT2D eigenvalue weighted by atomic mass is 16.4. The molecular weight excluding hydrogens is 596 g/mol. The van der Waals surface area contributed by atoms with Gasteiger partial charge in [-0.15, -0.1) is 0 Å². The van der Waals surface area contributed by atoms with Crippen LogP contribution in [0.5, 0.6) is 0 Å². The maximum Gasteiger partial charge on any atom is 0.317 e. The first kappa shape index (κ1) is 39.8. The molecule has 0 aliphatic carbocycles. The Labute approximate surface area is 263 Å². The van der Waals surface area contributed by atoms with Crippen LogP contribution in [0.25, 0.3) is 0 Å². The Morgan fingerprint density at radius 2 is 0.800 bits per heavy atom. The smallest absolute Gasteiger partial charge is 0.317 e. The zero-order valence-electron chi connectivity index (χ0n) is 26.1. The molecule has 1 amide bonds. The van der Waals surface area contributed by atoms with Crippen molar-refractivity contribution in [2.24, 2.45) is 0 Å². The van der Waals surface area contributed by atoms with Crippen LogP contribution >= 0.6 is 0 Å². The second kappa shape index (κ2) is 23.1. The molecule has 0 unspecified atom stereocenters. The Morgan fingerprint density at radius 1 is 0.489 bits per heavy atom. The van der Waals surface area contributed by atoms with Gasteiger partial charge in [-0.2, -0.15) is 0 Å². The molecule has 1 aliphatic rings. The van der Waals surface area contributed by atoms with Gasteiger partial charge in [-0.05, 0) is 6.92 Å². The summed E-state index contributed by atoms with van der Waals surface area (Å²) in [5.41, 5.74) is 0. The maximum absolute atomic E-state index is 13.2. The number of nitrogens with one attached hydrogen (secondary N) is 3. The molecular formula is C27H50N8O10. The molecule has 1 aliphatic heterocycles. The van der Waals surface area contributed by atoms with E-state index in [9.17, 15) is 44.1 Å². The van der Waals surface area contributed by atoms with Crippen molar-refractivity contribution in [1.82, 2.24) is 40.4 Å². The summed E-state index contributed by atoms with van der Waals surface area (Å²) >= 11 is 0. The molecule has 1 heterocycles. The predicted molar refractivity (Wildman–Crippen MR) is 162 cm³/mol. The predicted octanol–water partition coefficient (Wildman–Crippen LogP) is -4.27. The van der Waals surface area contributed by atoms with E-state index in [0.717, 1.165) is 26.2 Å². The SMILES string of the molecule is CC(=O)CN(CCN(CCN(CCN(CC(=O)O)CC(=O)N1CCNCCNCCNCC1)CC(=O)O)CC(=O)O)CC(=O)O. The molecule has 0 spiro atoms. The monoisotopic (exact) mass is 646 g/mol. The summed E-state index contributed by atoms with van der Waals surface area (Å²) in [7, 11) is 0. The third kappa shape index (κ3) is 21.2. The van der Waals surface area contributed by atoms with Crippen LogP contribution in [0.3, 0.4) is 0 Å². The molecule has 0 radical (unpaired) electrons. The number of rotatable bonds is 21. The number of amides is 1.